The maximum absolute atomic E-state index is 11.9. The maximum Gasteiger partial charge on any atom is 0.224 e. The highest BCUT2D eigenvalue weighted by atomic mass is 16.2. The van der Waals surface area contributed by atoms with Crippen LogP contribution in [0.15, 0.2) is 42.5 Å². The van der Waals surface area contributed by atoms with Gasteiger partial charge >= 0.3 is 0 Å². The summed E-state index contributed by atoms with van der Waals surface area (Å²) in [6, 6.07) is 15.4. The zero-order chi connectivity index (χ0) is 23.1. The lowest BCUT2D eigenvalue weighted by Gasteiger charge is -2.34. The Hall–Kier alpha value is -2.17. The molecule has 2 N–H and O–H groups in total. The second kappa shape index (κ2) is 15.6. The fourth-order valence-electron chi connectivity index (χ4n) is 3.43. The van der Waals surface area contributed by atoms with Crippen LogP contribution in [0.5, 0.6) is 0 Å². The first kappa shape index (κ1) is 27.8. The standard InChI is InChI=1S/C20H24N2O.C2H7N.2C2H6/c1-14-4-7-19-12-18(10-11-20(19)22(14)15(2)23)17-8-5-16(6-9-17)13-21-3;1-3-2;2*1-2/h5-6,8-12,14,21H,4,7,13H2,1-3H3;3H,1-2H3;2*1-2H3/t14-;;;/m0.../s1. The predicted octanol–water partition coefficient (Wildman–Crippen LogP) is 5.65. The van der Waals surface area contributed by atoms with Crippen LogP contribution in [0.2, 0.25) is 0 Å². The molecule has 1 heterocycles. The molecule has 0 aliphatic carbocycles. The molecule has 0 unspecified atom stereocenters. The number of carbonyl (C=O) groups is 1. The minimum Gasteiger partial charge on any atom is -0.323 e. The lowest BCUT2D eigenvalue weighted by Crippen LogP contribution is -2.40. The molecule has 30 heavy (non-hydrogen) atoms. The number of hydrogen-bond acceptors (Lipinski definition) is 3. The summed E-state index contributed by atoms with van der Waals surface area (Å²) in [7, 11) is 5.71. The molecule has 2 aromatic rings. The van der Waals surface area contributed by atoms with Gasteiger partial charge in [-0.1, -0.05) is 58.0 Å². The van der Waals surface area contributed by atoms with Crippen molar-refractivity contribution in [3.63, 3.8) is 0 Å². The lowest BCUT2D eigenvalue weighted by molar-refractivity contribution is -0.117. The van der Waals surface area contributed by atoms with Crippen LogP contribution in [-0.4, -0.2) is 33.1 Å². The number of amides is 1. The van der Waals surface area contributed by atoms with Gasteiger partial charge in [-0.2, -0.15) is 0 Å². The third-order valence-corrected chi connectivity index (χ3v) is 4.62. The predicted molar refractivity (Wildman–Crippen MR) is 133 cm³/mol. The molecule has 0 fully saturated rings. The molecular weight excluding hydrogens is 370 g/mol. The van der Waals surface area contributed by atoms with Gasteiger partial charge in [-0.15, -0.1) is 0 Å². The number of nitrogens with zero attached hydrogens (tertiary/aromatic N) is 1. The summed E-state index contributed by atoms with van der Waals surface area (Å²) in [5.74, 6) is 0.127. The van der Waals surface area contributed by atoms with Crippen molar-refractivity contribution in [3.05, 3.63) is 53.6 Å². The molecule has 168 valence electrons. The Kier molecular flexibility index (Phi) is 14.5. The first-order chi connectivity index (χ1) is 14.5. The van der Waals surface area contributed by atoms with E-state index in [1.165, 1.54) is 22.3 Å². The molecule has 0 bridgehead atoms. The zero-order valence-corrected chi connectivity index (χ0v) is 20.6. The van der Waals surface area contributed by atoms with Crippen molar-refractivity contribution in [2.24, 2.45) is 0 Å². The summed E-state index contributed by atoms with van der Waals surface area (Å²) in [6.45, 7) is 12.7. The van der Waals surface area contributed by atoms with Crippen LogP contribution >= 0.6 is 0 Å². The minimum absolute atomic E-state index is 0.127. The Morgan fingerprint density at radius 3 is 2.00 bits per heavy atom. The summed E-state index contributed by atoms with van der Waals surface area (Å²) >= 11 is 0. The zero-order valence-electron chi connectivity index (χ0n) is 20.6. The third-order valence-electron chi connectivity index (χ3n) is 4.62. The van der Waals surface area contributed by atoms with Crippen LogP contribution in [0.25, 0.3) is 11.1 Å². The van der Waals surface area contributed by atoms with Crippen molar-refractivity contribution in [1.29, 1.82) is 0 Å². The van der Waals surface area contributed by atoms with Crippen LogP contribution in [-0.2, 0) is 17.8 Å². The van der Waals surface area contributed by atoms with Crippen LogP contribution in [0, 0.1) is 0 Å². The van der Waals surface area contributed by atoms with Gasteiger partial charge in [-0.3, -0.25) is 4.79 Å². The van der Waals surface area contributed by atoms with Gasteiger partial charge in [-0.05, 0) is 75.3 Å². The molecular formula is C26H43N3O. The Morgan fingerprint density at radius 2 is 1.50 bits per heavy atom. The monoisotopic (exact) mass is 413 g/mol. The molecule has 4 nitrogen and oxygen atoms in total. The Labute approximate surface area is 185 Å². The van der Waals surface area contributed by atoms with Crippen LogP contribution < -0.4 is 15.5 Å². The molecule has 1 atom stereocenters. The Morgan fingerprint density at radius 1 is 0.967 bits per heavy atom. The second-order valence-electron chi connectivity index (χ2n) is 6.85. The molecule has 0 saturated carbocycles. The number of carbonyl (C=O) groups excluding carboxylic acids is 1. The van der Waals surface area contributed by atoms with Gasteiger partial charge in [0.05, 0.1) is 0 Å². The molecule has 1 aliphatic heterocycles. The molecule has 4 heteroatoms. The largest absolute Gasteiger partial charge is 0.323 e. The Bertz CT molecular complexity index is 726. The smallest absolute Gasteiger partial charge is 0.224 e. The van der Waals surface area contributed by atoms with Crippen molar-refractivity contribution in [3.8, 4) is 11.1 Å². The van der Waals surface area contributed by atoms with E-state index >= 15 is 0 Å². The normalized spacial score (nSPS) is 14.0. The highest BCUT2D eigenvalue weighted by Crippen LogP contribution is 2.34. The molecule has 0 spiro atoms. The number of hydrogen-bond donors (Lipinski definition) is 2. The molecule has 1 aliphatic rings. The average Bonchev–Trinajstić information content (AvgIpc) is 2.77. The van der Waals surface area contributed by atoms with E-state index < -0.39 is 0 Å². The number of anilines is 1. The van der Waals surface area contributed by atoms with E-state index in [0.717, 1.165) is 25.1 Å². The molecule has 3 rings (SSSR count). The van der Waals surface area contributed by atoms with Crippen molar-refractivity contribution in [1.82, 2.24) is 10.6 Å². The summed E-state index contributed by atoms with van der Waals surface area (Å²) in [5, 5.41) is 5.92. The first-order valence-corrected chi connectivity index (χ1v) is 11.3. The van der Waals surface area contributed by atoms with E-state index in [4.69, 9.17) is 0 Å². The SMILES string of the molecule is CC.CC.CNC.CNCc1ccc(-c2ccc3c(c2)CC[C@H](C)N3C(C)=O)cc1. The topological polar surface area (TPSA) is 44.4 Å². The number of fused-ring (bicyclic) bond motifs is 1. The van der Waals surface area contributed by atoms with E-state index in [1.807, 2.05) is 53.7 Å². The molecule has 0 saturated heterocycles. The molecule has 0 radical (unpaired) electrons. The fraction of sp³-hybridized carbons (Fsp3) is 0.500. The Balaban J connectivity index is 0.00000108. The summed E-state index contributed by atoms with van der Waals surface area (Å²) in [5.41, 5.74) is 6.08. The molecule has 0 aromatic heterocycles. The average molecular weight is 414 g/mol. The summed E-state index contributed by atoms with van der Waals surface area (Å²) in [6.07, 6.45) is 2.06. The number of rotatable bonds is 3. The summed E-state index contributed by atoms with van der Waals surface area (Å²) in [4.78, 5) is 13.9. The van der Waals surface area contributed by atoms with Gasteiger partial charge in [0.2, 0.25) is 5.91 Å². The number of benzene rings is 2. The van der Waals surface area contributed by atoms with E-state index in [9.17, 15) is 4.79 Å². The fourth-order valence-corrected chi connectivity index (χ4v) is 3.43. The van der Waals surface area contributed by atoms with E-state index in [2.05, 4.69) is 60.0 Å². The molecule has 2 aromatic carbocycles. The van der Waals surface area contributed by atoms with Gasteiger partial charge in [0, 0.05) is 25.2 Å². The van der Waals surface area contributed by atoms with Crippen LogP contribution in [0.1, 0.15) is 59.1 Å². The first-order valence-electron chi connectivity index (χ1n) is 11.3. The van der Waals surface area contributed by atoms with Gasteiger partial charge in [0.1, 0.15) is 0 Å². The third kappa shape index (κ3) is 7.92. The second-order valence-corrected chi connectivity index (χ2v) is 6.85. The lowest BCUT2D eigenvalue weighted by atomic mass is 9.93. The van der Waals surface area contributed by atoms with Gasteiger partial charge in [-0.25, -0.2) is 0 Å². The summed E-state index contributed by atoms with van der Waals surface area (Å²) < 4.78 is 0. The van der Waals surface area contributed by atoms with Gasteiger partial charge < -0.3 is 15.5 Å². The minimum atomic E-state index is 0.127. The van der Waals surface area contributed by atoms with Crippen LogP contribution in [0.3, 0.4) is 0 Å². The van der Waals surface area contributed by atoms with Gasteiger partial charge in [0.25, 0.3) is 0 Å². The van der Waals surface area contributed by atoms with Crippen molar-refractivity contribution < 1.29 is 4.79 Å². The van der Waals surface area contributed by atoms with E-state index in [-0.39, 0.29) is 11.9 Å². The number of aryl methyl sites for hydroxylation is 1. The van der Waals surface area contributed by atoms with Crippen LogP contribution in [0.4, 0.5) is 5.69 Å². The van der Waals surface area contributed by atoms with Gasteiger partial charge in [0.15, 0.2) is 0 Å². The van der Waals surface area contributed by atoms with Crippen molar-refractivity contribution >= 4 is 11.6 Å². The molecule has 1 amide bonds. The highest BCUT2D eigenvalue weighted by Gasteiger charge is 2.26. The van der Waals surface area contributed by atoms with Crippen molar-refractivity contribution in [2.75, 3.05) is 26.0 Å². The highest BCUT2D eigenvalue weighted by molar-refractivity contribution is 5.94. The quantitative estimate of drug-likeness (QED) is 0.683. The maximum atomic E-state index is 11.9. The van der Waals surface area contributed by atoms with Crippen molar-refractivity contribution in [2.45, 2.75) is 67.0 Å². The number of nitrogens with one attached hydrogen (secondary N) is 2. The van der Waals surface area contributed by atoms with E-state index in [1.54, 1.807) is 6.92 Å². The van der Waals surface area contributed by atoms with E-state index in [0.29, 0.717) is 0 Å².